The molecule has 10 heavy (non-hydrogen) atoms. The van der Waals surface area contributed by atoms with Crippen molar-refractivity contribution in [3.05, 3.63) is 0 Å². The first-order chi connectivity index (χ1) is 4.83. The Kier molecular flexibility index (Phi) is 2.50. The van der Waals surface area contributed by atoms with Gasteiger partial charge in [0.05, 0.1) is 19.3 Å². The zero-order valence-electron chi connectivity index (χ0n) is 5.92. The maximum atomic E-state index is 10.6. The molecular weight excluding hydrogens is 134 g/mol. The van der Waals surface area contributed by atoms with Crippen molar-refractivity contribution in [1.82, 2.24) is 5.32 Å². The SMILES string of the molecule is CCOC(=O)NCC1CO1. The Bertz CT molecular complexity index is 122. The quantitative estimate of drug-likeness (QED) is 0.574. The smallest absolute Gasteiger partial charge is 0.407 e. The average Bonchev–Trinajstić information content (AvgIpc) is 2.67. The molecule has 0 saturated carbocycles. The molecule has 1 unspecified atom stereocenters. The van der Waals surface area contributed by atoms with Gasteiger partial charge in [-0.3, -0.25) is 0 Å². The molecule has 1 aliphatic heterocycles. The fourth-order valence-electron chi connectivity index (χ4n) is 0.565. The molecule has 58 valence electrons. The predicted molar refractivity (Wildman–Crippen MR) is 34.8 cm³/mol. The van der Waals surface area contributed by atoms with Crippen LogP contribution in [0.3, 0.4) is 0 Å². The number of ether oxygens (including phenoxy) is 2. The van der Waals surface area contributed by atoms with Crippen LogP contribution in [0.25, 0.3) is 0 Å². The molecule has 1 fully saturated rings. The lowest BCUT2D eigenvalue weighted by atomic mass is 10.5. The molecule has 0 aromatic heterocycles. The molecule has 0 radical (unpaired) electrons. The first-order valence-corrected chi connectivity index (χ1v) is 3.35. The normalized spacial score (nSPS) is 21.9. The van der Waals surface area contributed by atoms with E-state index in [1.807, 2.05) is 0 Å². The molecule has 0 aliphatic carbocycles. The van der Waals surface area contributed by atoms with Gasteiger partial charge in [-0.2, -0.15) is 0 Å². The number of amides is 1. The molecule has 1 heterocycles. The summed E-state index contributed by atoms with van der Waals surface area (Å²) in [5, 5.41) is 2.56. The lowest BCUT2D eigenvalue weighted by Gasteiger charge is -2.01. The van der Waals surface area contributed by atoms with Gasteiger partial charge in [0, 0.05) is 6.54 Å². The van der Waals surface area contributed by atoms with Gasteiger partial charge >= 0.3 is 6.09 Å². The van der Waals surface area contributed by atoms with Crippen LogP contribution in [-0.4, -0.2) is 32.0 Å². The van der Waals surface area contributed by atoms with Crippen LogP contribution in [0.2, 0.25) is 0 Å². The number of carbonyl (C=O) groups excluding carboxylic acids is 1. The largest absolute Gasteiger partial charge is 0.450 e. The van der Waals surface area contributed by atoms with E-state index in [2.05, 4.69) is 10.1 Å². The van der Waals surface area contributed by atoms with E-state index in [-0.39, 0.29) is 12.2 Å². The highest BCUT2D eigenvalue weighted by atomic mass is 16.6. The molecule has 4 heteroatoms. The first kappa shape index (κ1) is 7.34. The molecule has 1 rings (SSSR count). The highest BCUT2D eigenvalue weighted by molar-refractivity contribution is 5.67. The second kappa shape index (κ2) is 3.41. The Morgan fingerprint density at radius 1 is 1.90 bits per heavy atom. The van der Waals surface area contributed by atoms with Crippen LogP contribution < -0.4 is 5.32 Å². The van der Waals surface area contributed by atoms with Crippen LogP contribution in [0.5, 0.6) is 0 Å². The first-order valence-electron chi connectivity index (χ1n) is 3.35. The minimum atomic E-state index is -0.363. The minimum absolute atomic E-state index is 0.226. The molecule has 1 aliphatic rings. The van der Waals surface area contributed by atoms with E-state index < -0.39 is 0 Å². The third-order valence-corrected chi connectivity index (χ3v) is 1.15. The van der Waals surface area contributed by atoms with Crippen molar-refractivity contribution in [2.75, 3.05) is 19.8 Å². The molecule has 0 aromatic rings. The number of hydrogen-bond donors (Lipinski definition) is 1. The Balaban J connectivity index is 1.94. The third-order valence-electron chi connectivity index (χ3n) is 1.15. The van der Waals surface area contributed by atoms with Crippen molar-refractivity contribution in [3.8, 4) is 0 Å². The van der Waals surface area contributed by atoms with Crippen molar-refractivity contribution in [3.63, 3.8) is 0 Å². The molecular formula is C6H11NO3. The van der Waals surface area contributed by atoms with Gasteiger partial charge < -0.3 is 14.8 Å². The Morgan fingerprint density at radius 2 is 2.60 bits per heavy atom. The summed E-state index contributed by atoms with van der Waals surface area (Å²) in [5.41, 5.74) is 0. The lowest BCUT2D eigenvalue weighted by Crippen LogP contribution is -2.27. The van der Waals surface area contributed by atoms with Crippen LogP contribution in [0, 0.1) is 0 Å². The summed E-state index contributed by atoms with van der Waals surface area (Å²) in [4.78, 5) is 10.6. The van der Waals surface area contributed by atoms with Gasteiger partial charge in [-0.25, -0.2) is 4.79 Å². The monoisotopic (exact) mass is 145 g/mol. The second-order valence-corrected chi connectivity index (χ2v) is 2.06. The van der Waals surface area contributed by atoms with Crippen LogP contribution in [0.4, 0.5) is 4.79 Å². The molecule has 1 atom stereocenters. The molecule has 0 aromatic carbocycles. The zero-order valence-corrected chi connectivity index (χ0v) is 5.92. The Morgan fingerprint density at radius 3 is 3.10 bits per heavy atom. The lowest BCUT2D eigenvalue weighted by molar-refractivity contribution is 0.151. The fraction of sp³-hybridized carbons (Fsp3) is 0.833. The summed E-state index contributed by atoms with van der Waals surface area (Å²) in [6.07, 6.45) is -0.137. The van der Waals surface area contributed by atoms with Gasteiger partial charge in [-0.05, 0) is 6.92 Å². The van der Waals surface area contributed by atoms with E-state index in [1.165, 1.54) is 0 Å². The highest BCUT2D eigenvalue weighted by Crippen LogP contribution is 2.05. The fourth-order valence-corrected chi connectivity index (χ4v) is 0.565. The maximum absolute atomic E-state index is 10.6. The third kappa shape index (κ3) is 2.68. The number of rotatable bonds is 3. The van der Waals surface area contributed by atoms with Crippen molar-refractivity contribution in [1.29, 1.82) is 0 Å². The van der Waals surface area contributed by atoms with E-state index in [9.17, 15) is 4.79 Å². The maximum Gasteiger partial charge on any atom is 0.407 e. The predicted octanol–water partition coefficient (Wildman–Crippen LogP) is 0.131. The van der Waals surface area contributed by atoms with Gasteiger partial charge in [0.2, 0.25) is 0 Å². The molecule has 1 amide bonds. The molecule has 4 nitrogen and oxygen atoms in total. The summed E-state index contributed by atoms with van der Waals surface area (Å²) in [6, 6.07) is 0. The highest BCUT2D eigenvalue weighted by Gasteiger charge is 2.22. The molecule has 1 N–H and O–H groups in total. The van der Waals surface area contributed by atoms with Gasteiger partial charge in [-0.1, -0.05) is 0 Å². The number of epoxide rings is 1. The zero-order chi connectivity index (χ0) is 7.40. The number of hydrogen-bond acceptors (Lipinski definition) is 3. The molecule has 1 saturated heterocycles. The van der Waals surface area contributed by atoms with Gasteiger partial charge in [-0.15, -0.1) is 0 Å². The Labute approximate surface area is 59.5 Å². The van der Waals surface area contributed by atoms with Crippen LogP contribution >= 0.6 is 0 Å². The summed E-state index contributed by atoms with van der Waals surface area (Å²) < 4.78 is 9.48. The topological polar surface area (TPSA) is 50.9 Å². The van der Waals surface area contributed by atoms with Crippen molar-refractivity contribution < 1.29 is 14.3 Å². The summed E-state index contributed by atoms with van der Waals surface area (Å²) in [7, 11) is 0. The van der Waals surface area contributed by atoms with Crippen molar-refractivity contribution >= 4 is 6.09 Å². The van der Waals surface area contributed by atoms with E-state index >= 15 is 0 Å². The van der Waals surface area contributed by atoms with Crippen LogP contribution in [0.1, 0.15) is 6.92 Å². The van der Waals surface area contributed by atoms with Gasteiger partial charge in [0.1, 0.15) is 0 Å². The number of nitrogens with one attached hydrogen (secondary N) is 1. The van der Waals surface area contributed by atoms with E-state index in [1.54, 1.807) is 6.92 Å². The second-order valence-electron chi connectivity index (χ2n) is 2.06. The van der Waals surface area contributed by atoms with Crippen LogP contribution in [-0.2, 0) is 9.47 Å². The average molecular weight is 145 g/mol. The number of carbonyl (C=O) groups is 1. The standard InChI is InChI=1S/C6H11NO3/c1-2-9-6(8)7-3-5-4-10-5/h5H,2-4H2,1H3,(H,7,8). The molecule has 0 spiro atoms. The minimum Gasteiger partial charge on any atom is -0.450 e. The summed E-state index contributed by atoms with van der Waals surface area (Å²) in [5.74, 6) is 0. The van der Waals surface area contributed by atoms with E-state index in [4.69, 9.17) is 4.74 Å². The van der Waals surface area contributed by atoms with Gasteiger partial charge in [0.15, 0.2) is 0 Å². The van der Waals surface area contributed by atoms with Crippen molar-refractivity contribution in [2.45, 2.75) is 13.0 Å². The Hall–Kier alpha value is -0.770. The van der Waals surface area contributed by atoms with Crippen LogP contribution in [0.15, 0.2) is 0 Å². The number of alkyl carbamates (subject to hydrolysis) is 1. The summed E-state index contributed by atoms with van der Waals surface area (Å²) in [6.45, 7) is 3.51. The van der Waals surface area contributed by atoms with Crippen molar-refractivity contribution in [2.24, 2.45) is 0 Å². The van der Waals surface area contributed by atoms with E-state index in [0.29, 0.717) is 13.2 Å². The van der Waals surface area contributed by atoms with E-state index in [0.717, 1.165) is 6.61 Å². The molecule has 0 bridgehead atoms. The van der Waals surface area contributed by atoms with Gasteiger partial charge in [0.25, 0.3) is 0 Å². The summed E-state index contributed by atoms with van der Waals surface area (Å²) >= 11 is 0.